The van der Waals surface area contributed by atoms with Crippen molar-refractivity contribution in [2.45, 2.75) is 65.8 Å². The van der Waals surface area contributed by atoms with E-state index in [2.05, 4.69) is 55.2 Å². The van der Waals surface area contributed by atoms with Crippen LogP contribution in [0.4, 0.5) is 5.82 Å². The van der Waals surface area contributed by atoms with Gasteiger partial charge in [0, 0.05) is 35.6 Å². The predicted octanol–water partition coefficient (Wildman–Crippen LogP) is 4.04. The highest BCUT2D eigenvalue weighted by Gasteiger charge is 2.34. The van der Waals surface area contributed by atoms with E-state index in [0.717, 1.165) is 35.7 Å². The Balaban J connectivity index is 1.86. The number of nitrogens with zero attached hydrogens (tertiary/aromatic N) is 3. The molecule has 0 saturated heterocycles. The summed E-state index contributed by atoms with van der Waals surface area (Å²) in [6, 6.07) is 3.75. The maximum atomic E-state index is 11.9. The van der Waals surface area contributed by atoms with Crippen molar-refractivity contribution in [3.63, 3.8) is 0 Å². The summed E-state index contributed by atoms with van der Waals surface area (Å²) in [6.45, 7) is 13.5. The number of fused-ring (bicyclic) bond motifs is 1. The van der Waals surface area contributed by atoms with Crippen LogP contribution in [0.5, 0.6) is 0 Å². The van der Waals surface area contributed by atoms with Crippen molar-refractivity contribution in [3.8, 4) is 0 Å². The number of hydrogen-bond acceptors (Lipinski definition) is 5. The van der Waals surface area contributed by atoms with E-state index in [1.807, 2.05) is 19.2 Å². The number of hydrogen-bond donors (Lipinski definition) is 2. The number of pyridine rings is 1. The lowest BCUT2D eigenvalue weighted by molar-refractivity contribution is 0.0955. The van der Waals surface area contributed by atoms with Crippen molar-refractivity contribution in [3.05, 3.63) is 47.2 Å². The Bertz CT molecular complexity index is 852. The van der Waals surface area contributed by atoms with E-state index in [-0.39, 0.29) is 22.8 Å². The number of amides is 1. The Morgan fingerprint density at radius 3 is 2.57 bits per heavy atom. The molecule has 1 aliphatic carbocycles. The Morgan fingerprint density at radius 2 is 1.96 bits per heavy atom. The van der Waals surface area contributed by atoms with Gasteiger partial charge in [-0.15, -0.1) is 0 Å². The van der Waals surface area contributed by atoms with Crippen LogP contribution in [0.15, 0.2) is 24.5 Å². The van der Waals surface area contributed by atoms with Crippen LogP contribution in [-0.2, 0) is 11.8 Å². The summed E-state index contributed by atoms with van der Waals surface area (Å²) < 4.78 is 0. The second-order valence-electron chi connectivity index (χ2n) is 9.38. The predicted molar refractivity (Wildman–Crippen MR) is 111 cm³/mol. The first-order chi connectivity index (χ1) is 13.1. The molecule has 2 heterocycles. The molecule has 0 bridgehead atoms. The molecule has 1 amide bonds. The van der Waals surface area contributed by atoms with Crippen molar-refractivity contribution < 1.29 is 4.79 Å². The summed E-state index contributed by atoms with van der Waals surface area (Å²) in [6.07, 6.45) is 5.49. The smallest absolute Gasteiger partial charge is 0.252 e. The molecule has 2 N–H and O–H groups in total. The van der Waals surface area contributed by atoms with E-state index in [9.17, 15) is 4.79 Å². The largest absolute Gasteiger partial charge is 0.363 e. The lowest BCUT2D eigenvalue weighted by Gasteiger charge is -2.37. The molecule has 28 heavy (non-hydrogen) atoms. The number of anilines is 1. The zero-order chi connectivity index (χ0) is 20.5. The minimum Gasteiger partial charge on any atom is -0.363 e. The molecule has 0 radical (unpaired) electrons. The topological polar surface area (TPSA) is 79.8 Å². The second kappa shape index (κ2) is 7.49. The van der Waals surface area contributed by atoms with Crippen LogP contribution in [0.3, 0.4) is 0 Å². The van der Waals surface area contributed by atoms with Gasteiger partial charge in [-0.1, -0.05) is 34.6 Å². The highest BCUT2D eigenvalue weighted by Crippen LogP contribution is 2.41. The van der Waals surface area contributed by atoms with Gasteiger partial charge in [0.05, 0.1) is 11.6 Å². The molecule has 6 heteroatoms. The standard InChI is InChI=1S/C22H31N5O/c1-7-23-19(28)14-8-9-18(24-12-14)26-16-10-22(5,6)11-17-15(16)13-25-20(27-17)21(2,3)4/h8-9,12-13,16H,7,10-11H2,1-6H3,(H,23,28)(H,24,26). The van der Waals surface area contributed by atoms with E-state index < -0.39 is 0 Å². The van der Waals surface area contributed by atoms with Gasteiger partial charge in [0.1, 0.15) is 11.6 Å². The van der Waals surface area contributed by atoms with E-state index in [4.69, 9.17) is 4.98 Å². The highest BCUT2D eigenvalue weighted by molar-refractivity contribution is 5.93. The lowest BCUT2D eigenvalue weighted by atomic mass is 9.74. The summed E-state index contributed by atoms with van der Waals surface area (Å²) in [4.78, 5) is 25.9. The molecule has 0 fully saturated rings. The molecule has 3 rings (SSSR count). The van der Waals surface area contributed by atoms with Crippen LogP contribution in [-0.4, -0.2) is 27.4 Å². The van der Waals surface area contributed by atoms with Crippen LogP contribution in [0.1, 0.15) is 81.4 Å². The molecule has 0 aliphatic heterocycles. The second-order valence-corrected chi connectivity index (χ2v) is 9.38. The normalized spacial score (nSPS) is 18.3. The number of carbonyl (C=O) groups is 1. The van der Waals surface area contributed by atoms with Gasteiger partial charge in [0.25, 0.3) is 5.91 Å². The van der Waals surface area contributed by atoms with E-state index in [0.29, 0.717) is 12.1 Å². The third-order valence-electron chi connectivity index (χ3n) is 5.03. The van der Waals surface area contributed by atoms with Gasteiger partial charge in [0.15, 0.2) is 0 Å². The van der Waals surface area contributed by atoms with Crippen molar-refractivity contribution in [2.75, 3.05) is 11.9 Å². The van der Waals surface area contributed by atoms with E-state index in [1.165, 1.54) is 0 Å². The molecule has 0 aromatic carbocycles. The van der Waals surface area contributed by atoms with Crippen LogP contribution in [0.2, 0.25) is 0 Å². The van der Waals surface area contributed by atoms with Crippen molar-refractivity contribution in [1.82, 2.24) is 20.3 Å². The molecule has 0 spiro atoms. The average molecular weight is 382 g/mol. The monoisotopic (exact) mass is 381 g/mol. The zero-order valence-electron chi connectivity index (χ0n) is 17.8. The van der Waals surface area contributed by atoms with Gasteiger partial charge in [-0.05, 0) is 37.3 Å². The van der Waals surface area contributed by atoms with Crippen LogP contribution >= 0.6 is 0 Å². The molecule has 2 aromatic heterocycles. The maximum absolute atomic E-state index is 11.9. The molecular weight excluding hydrogens is 350 g/mol. The number of aromatic nitrogens is 3. The minimum atomic E-state index is -0.103. The highest BCUT2D eigenvalue weighted by atomic mass is 16.1. The van der Waals surface area contributed by atoms with Gasteiger partial charge in [-0.3, -0.25) is 4.79 Å². The lowest BCUT2D eigenvalue weighted by Crippen LogP contribution is -2.32. The number of nitrogens with one attached hydrogen (secondary N) is 2. The first-order valence-electron chi connectivity index (χ1n) is 9.96. The van der Waals surface area contributed by atoms with Gasteiger partial charge in [-0.25, -0.2) is 15.0 Å². The number of carbonyl (C=O) groups excluding carboxylic acids is 1. The van der Waals surface area contributed by atoms with E-state index >= 15 is 0 Å². The summed E-state index contributed by atoms with van der Waals surface area (Å²) >= 11 is 0. The fraction of sp³-hybridized carbons (Fsp3) is 0.545. The van der Waals surface area contributed by atoms with Crippen molar-refractivity contribution in [2.24, 2.45) is 5.41 Å². The Kier molecular flexibility index (Phi) is 5.41. The van der Waals surface area contributed by atoms with Gasteiger partial charge < -0.3 is 10.6 Å². The number of rotatable bonds is 4. The molecule has 1 aliphatic rings. The third-order valence-corrected chi connectivity index (χ3v) is 5.03. The molecule has 6 nitrogen and oxygen atoms in total. The van der Waals surface area contributed by atoms with E-state index in [1.54, 1.807) is 12.3 Å². The quantitative estimate of drug-likeness (QED) is 0.835. The molecule has 1 unspecified atom stereocenters. The summed E-state index contributed by atoms with van der Waals surface area (Å²) in [7, 11) is 0. The van der Waals surface area contributed by atoms with Crippen LogP contribution in [0, 0.1) is 5.41 Å². The van der Waals surface area contributed by atoms with Crippen molar-refractivity contribution >= 4 is 11.7 Å². The first kappa shape index (κ1) is 20.2. The van der Waals surface area contributed by atoms with Crippen LogP contribution in [0.25, 0.3) is 0 Å². The summed E-state index contributed by atoms with van der Waals surface area (Å²) in [5, 5.41) is 6.31. The zero-order valence-corrected chi connectivity index (χ0v) is 17.8. The molecule has 2 aromatic rings. The summed E-state index contributed by atoms with van der Waals surface area (Å²) in [5.74, 6) is 1.53. The minimum absolute atomic E-state index is 0.0734. The summed E-state index contributed by atoms with van der Waals surface area (Å²) in [5.41, 5.74) is 2.88. The Labute approximate surface area is 167 Å². The molecule has 0 saturated carbocycles. The third kappa shape index (κ3) is 4.49. The maximum Gasteiger partial charge on any atom is 0.252 e. The molecular formula is C22H31N5O. The van der Waals surface area contributed by atoms with Gasteiger partial charge >= 0.3 is 0 Å². The van der Waals surface area contributed by atoms with Gasteiger partial charge in [0.2, 0.25) is 0 Å². The SMILES string of the molecule is CCNC(=O)c1ccc(NC2CC(C)(C)Cc3nc(C(C)(C)C)ncc32)nc1. The molecule has 1 atom stereocenters. The Morgan fingerprint density at radius 1 is 1.21 bits per heavy atom. The fourth-order valence-electron chi connectivity index (χ4n) is 3.59. The van der Waals surface area contributed by atoms with Crippen molar-refractivity contribution in [1.29, 1.82) is 0 Å². The molecule has 150 valence electrons. The van der Waals surface area contributed by atoms with Crippen LogP contribution < -0.4 is 10.6 Å². The van der Waals surface area contributed by atoms with Gasteiger partial charge in [-0.2, -0.15) is 0 Å². The fourth-order valence-corrected chi connectivity index (χ4v) is 3.59. The average Bonchev–Trinajstić information content (AvgIpc) is 2.60. The first-order valence-corrected chi connectivity index (χ1v) is 9.96. The Hall–Kier alpha value is -2.50.